The van der Waals surface area contributed by atoms with Crippen molar-refractivity contribution in [1.29, 1.82) is 0 Å². The van der Waals surface area contributed by atoms with Crippen molar-refractivity contribution < 1.29 is 19.0 Å². The molecule has 0 radical (unpaired) electrons. The Hall–Kier alpha value is -1.39. The third-order valence-corrected chi connectivity index (χ3v) is 6.56. The molecule has 0 saturated carbocycles. The Morgan fingerprint density at radius 2 is 2.00 bits per heavy atom. The molecule has 0 aromatic heterocycles. The minimum atomic E-state index is -0.497. The molecule has 5 nitrogen and oxygen atoms in total. The topological polar surface area (TPSA) is 57.1 Å². The molecule has 0 unspecified atom stereocenters. The normalized spacial score (nSPS) is 14.9. The Bertz CT molecular complexity index is 972. The van der Waals surface area contributed by atoms with Crippen molar-refractivity contribution >= 4 is 72.4 Å². The number of benzene rings is 2. The third kappa shape index (κ3) is 4.55. The zero-order chi connectivity index (χ0) is 19.6. The second-order valence-electron chi connectivity index (χ2n) is 5.43. The molecule has 27 heavy (non-hydrogen) atoms. The SMILES string of the molecule is CCOc1c(Br)cc(/C=C2\N=C(c3ccc(I)c(Br)c3)OC2=O)cc1OC. The van der Waals surface area contributed by atoms with Crippen LogP contribution in [0.3, 0.4) is 0 Å². The lowest BCUT2D eigenvalue weighted by atomic mass is 10.1. The van der Waals surface area contributed by atoms with E-state index in [9.17, 15) is 4.79 Å². The zero-order valence-corrected chi connectivity index (χ0v) is 19.7. The molecule has 0 atom stereocenters. The van der Waals surface area contributed by atoms with Crippen LogP contribution in [0.5, 0.6) is 11.5 Å². The molecule has 0 fully saturated rings. The van der Waals surface area contributed by atoms with E-state index in [0.29, 0.717) is 18.1 Å². The van der Waals surface area contributed by atoms with Gasteiger partial charge in [0, 0.05) is 13.6 Å². The highest BCUT2D eigenvalue weighted by Crippen LogP contribution is 2.37. The van der Waals surface area contributed by atoms with Gasteiger partial charge in [0.2, 0.25) is 5.90 Å². The highest BCUT2D eigenvalue weighted by Gasteiger charge is 2.25. The molecule has 0 saturated heterocycles. The van der Waals surface area contributed by atoms with Crippen LogP contribution in [0, 0.1) is 3.57 Å². The predicted molar refractivity (Wildman–Crippen MR) is 119 cm³/mol. The first kappa shape index (κ1) is 20.3. The summed E-state index contributed by atoms with van der Waals surface area (Å²) in [6, 6.07) is 9.27. The van der Waals surface area contributed by atoms with Gasteiger partial charge in [-0.15, -0.1) is 0 Å². The van der Waals surface area contributed by atoms with Crippen molar-refractivity contribution in [3.05, 3.63) is 59.7 Å². The van der Waals surface area contributed by atoms with Crippen LogP contribution in [0.2, 0.25) is 0 Å². The molecule has 1 heterocycles. The molecule has 3 rings (SSSR count). The molecule has 0 amide bonds. The van der Waals surface area contributed by atoms with E-state index in [1.807, 2.05) is 31.2 Å². The van der Waals surface area contributed by atoms with Crippen LogP contribution in [-0.4, -0.2) is 25.6 Å². The summed E-state index contributed by atoms with van der Waals surface area (Å²) >= 11 is 9.16. The number of cyclic esters (lactones) is 1. The lowest BCUT2D eigenvalue weighted by Gasteiger charge is -2.12. The molecule has 0 aliphatic carbocycles. The zero-order valence-electron chi connectivity index (χ0n) is 14.4. The Kier molecular flexibility index (Phi) is 6.59. The van der Waals surface area contributed by atoms with Gasteiger partial charge in [0.1, 0.15) is 0 Å². The number of methoxy groups -OCH3 is 1. The van der Waals surface area contributed by atoms with Crippen LogP contribution in [0.4, 0.5) is 0 Å². The van der Waals surface area contributed by atoms with Crippen molar-refractivity contribution in [3.63, 3.8) is 0 Å². The van der Waals surface area contributed by atoms with E-state index in [4.69, 9.17) is 14.2 Å². The minimum absolute atomic E-state index is 0.220. The van der Waals surface area contributed by atoms with E-state index >= 15 is 0 Å². The van der Waals surface area contributed by atoms with Gasteiger partial charge in [0.15, 0.2) is 17.2 Å². The van der Waals surface area contributed by atoms with E-state index in [1.54, 1.807) is 19.3 Å². The van der Waals surface area contributed by atoms with Gasteiger partial charge in [-0.05, 0) is 103 Å². The molecule has 0 spiro atoms. The molecule has 0 bridgehead atoms. The van der Waals surface area contributed by atoms with Crippen LogP contribution in [0.1, 0.15) is 18.1 Å². The van der Waals surface area contributed by atoms with Crippen molar-refractivity contribution in [1.82, 2.24) is 0 Å². The number of hydrogen-bond acceptors (Lipinski definition) is 5. The number of hydrogen-bond donors (Lipinski definition) is 0. The van der Waals surface area contributed by atoms with Crippen LogP contribution in [0.15, 0.2) is 50.0 Å². The smallest absolute Gasteiger partial charge is 0.363 e. The summed E-state index contributed by atoms with van der Waals surface area (Å²) in [5.41, 5.74) is 1.69. The fourth-order valence-corrected chi connectivity index (χ4v) is 3.72. The van der Waals surface area contributed by atoms with Gasteiger partial charge in [0.05, 0.1) is 18.2 Å². The largest absolute Gasteiger partial charge is 0.493 e. The number of nitrogens with zero attached hydrogens (tertiary/aromatic N) is 1. The lowest BCUT2D eigenvalue weighted by Crippen LogP contribution is -2.05. The van der Waals surface area contributed by atoms with E-state index in [1.165, 1.54) is 0 Å². The fraction of sp³-hybridized carbons (Fsp3) is 0.158. The van der Waals surface area contributed by atoms with Gasteiger partial charge in [0.25, 0.3) is 0 Å². The van der Waals surface area contributed by atoms with Crippen LogP contribution in [-0.2, 0) is 9.53 Å². The molecule has 1 aliphatic heterocycles. The average molecular weight is 607 g/mol. The molecule has 2 aromatic rings. The highest BCUT2D eigenvalue weighted by molar-refractivity contribution is 14.1. The first-order valence-corrected chi connectivity index (χ1v) is 10.6. The van der Waals surface area contributed by atoms with Crippen LogP contribution >= 0.6 is 54.5 Å². The first-order valence-electron chi connectivity index (χ1n) is 7.91. The Labute approximate surface area is 187 Å². The summed E-state index contributed by atoms with van der Waals surface area (Å²) in [7, 11) is 1.57. The molecular weight excluding hydrogens is 593 g/mol. The third-order valence-electron chi connectivity index (χ3n) is 3.63. The van der Waals surface area contributed by atoms with E-state index in [2.05, 4.69) is 59.4 Å². The average Bonchev–Trinajstić information content (AvgIpc) is 3.00. The van der Waals surface area contributed by atoms with Crippen molar-refractivity contribution in [2.24, 2.45) is 4.99 Å². The highest BCUT2D eigenvalue weighted by atomic mass is 127. The van der Waals surface area contributed by atoms with Crippen LogP contribution < -0.4 is 9.47 Å². The van der Waals surface area contributed by atoms with Gasteiger partial charge in [-0.25, -0.2) is 9.79 Å². The predicted octanol–water partition coefficient (Wildman–Crippen LogP) is 5.57. The van der Waals surface area contributed by atoms with E-state index in [-0.39, 0.29) is 11.6 Å². The number of halogens is 3. The second-order valence-corrected chi connectivity index (χ2v) is 8.30. The molecule has 140 valence electrons. The summed E-state index contributed by atoms with van der Waals surface area (Å²) < 4.78 is 19.0. The van der Waals surface area contributed by atoms with E-state index < -0.39 is 5.97 Å². The molecule has 0 N–H and O–H groups in total. The number of carbonyl (C=O) groups excluding carboxylic acids is 1. The number of esters is 1. The number of aliphatic imine (C=N–C) groups is 1. The Morgan fingerprint density at radius 1 is 1.22 bits per heavy atom. The molecular formula is C19H14Br2INO4. The monoisotopic (exact) mass is 605 g/mol. The summed E-state index contributed by atoms with van der Waals surface area (Å²) in [6.45, 7) is 2.41. The maximum Gasteiger partial charge on any atom is 0.363 e. The van der Waals surface area contributed by atoms with Gasteiger partial charge in [-0.3, -0.25) is 0 Å². The van der Waals surface area contributed by atoms with Gasteiger partial charge in [-0.1, -0.05) is 0 Å². The van der Waals surface area contributed by atoms with Gasteiger partial charge in [-0.2, -0.15) is 0 Å². The maximum atomic E-state index is 12.2. The quantitative estimate of drug-likeness (QED) is 0.254. The summed E-state index contributed by atoms with van der Waals surface area (Å²) in [6.07, 6.45) is 1.65. The number of carbonyl (C=O) groups is 1. The number of ether oxygens (including phenoxy) is 3. The Balaban J connectivity index is 1.97. The second kappa shape index (κ2) is 8.74. The standard InChI is InChI=1S/C19H14Br2INO4/c1-3-26-17-13(21)6-10(8-16(17)25-2)7-15-19(24)27-18(23-15)11-4-5-14(22)12(20)9-11/h4-9H,3H2,1-2H3/b15-7-. The van der Waals surface area contributed by atoms with Crippen LogP contribution in [0.25, 0.3) is 6.08 Å². The maximum absolute atomic E-state index is 12.2. The summed E-state index contributed by atoms with van der Waals surface area (Å²) in [5, 5.41) is 0. The molecule has 8 heteroatoms. The van der Waals surface area contributed by atoms with Crippen molar-refractivity contribution in [2.75, 3.05) is 13.7 Å². The summed E-state index contributed by atoms with van der Waals surface area (Å²) in [5.74, 6) is 0.961. The lowest BCUT2D eigenvalue weighted by molar-refractivity contribution is -0.129. The van der Waals surface area contributed by atoms with Gasteiger partial charge < -0.3 is 14.2 Å². The van der Waals surface area contributed by atoms with Crippen molar-refractivity contribution in [2.45, 2.75) is 6.92 Å². The van der Waals surface area contributed by atoms with Gasteiger partial charge >= 0.3 is 5.97 Å². The van der Waals surface area contributed by atoms with Crippen molar-refractivity contribution in [3.8, 4) is 11.5 Å². The molecule has 1 aliphatic rings. The number of rotatable bonds is 5. The fourth-order valence-electron chi connectivity index (χ4n) is 2.43. The Morgan fingerprint density at radius 3 is 2.67 bits per heavy atom. The molecule has 2 aromatic carbocycles. The minimum Gasteiger partial charge on any atom is -0.493 e. The summed E-state index contributed by atoms with van der Waals surface area (Å²) in [4.78, 5) is 16.6. The van der Waals surface area contributed by atoms with E-state index in [0.717, 1.165) is 23.6 Å². The first-order chi connectivity index (χ1) is 12.9.